The minimum atomic E-state index is -0.366. The van der Waals surface area contributed by atoms with Crippen molar-refractivity contribution in [1.82, 2.24) is 9.97 Å². The summed E-state index contributed by atoms with van der Waals surface area (Å²) in [6.07, 6.45) is -0.366. The Morgan fingerprint density at radius 1 is 1.29 bits per heavy atom. The van der Waals surface area contributed by atoms with Gasteiger partial charge >= 0.3 is 0 Å². The summed E-state index contributed by atoms with van der Waals surface area (Å²) in [6, 6.07) is 9.78. The Labute approximate surface area is 132 Å². The third-order valence-corrected chi connectivity index (χ3v) is 3.90. The van der Waals surface area contributed by atoms with Crippen molar-refractivity contribution in [1.29, 1.82) is 0 Å². The van der Waals surface area contributed by atoms with E-state index in [0.717, 1.165) is 11.3 Å². The minimum Gasteiger partial charge on any atom is -0.366 e. The Kier molecular flexibility index (Phi) is 5.31. The van der Waals surface area contributed by atoms with E-state index in [1.807, 2.05) is 51.1 Å². The van der Waals surface area contributed by atoms with Crippen LogP contribution in [0.3, 0.4) is 0 Å². The van der Waals surface area contributed by atoms with E-state index in [9.17, 15) is 4.79 Å². The van der Waals surface area contributed by atoms with E-state index in [-0.39, 0.29) is 17.6 Å². The molecule has 2 aromatic rings. The van der Waals surface area contributed by atoms with Gasteiger partial charge in [-0.25, -0.2) is 4.98 Å². The first-order valence-electron chi connectivity index (χ1n) is 7.00. The first kappa shape index (κ1) is 15.9. The summed E-state index contributed by atoms with van der Waals surface area (Å²) in [4.78, 5) is 19.5. The molecule has 0 bridgehead atoms. The van der Waals surface area contributed by atoms with Gasteiger partial charge in [-0.15, -0.1) is 0 Å². The number of nitrogens with one attached hydrogen (secondary N) is 1. The predicted octanol–water partition coefficient (Wildman–Crippen LogP) is 3.78. The molecule has 1 N–H and O–H groups in total. The van der Waals surface area contributed by atoms with Gasteiger partial charge in [0, 0.05) is 6.61 Å². The van der Waals surface area contributed by atoms with Crippen LogP contribution in [-0.4, -0.2) is 16.6 Å². The van der Waals surface area contributed by atoms with Gasteiger partial charge in [-0.05, 0) is 34.3 Å². The van der Waals surface area contributed by atoms with E-state index in [1.165, 1.54) is 0 Å². The summed E-state index contributed by atoms with van der Waals surface area (Å²) in [5, 5.41) is 0. The Morgan fingerprint density at radius 2 is 1.95 bits per heavy atom. The number of rotatable bonds is 5. The van der Waals surface area contributed by atoms with Gasteiger partial charge in [0.15, 0.2) is 0 Å². The molecule has 1 heterocycles. The van der Waals surface area contributed by atoms with E-state index in [2.05, 4.69) is 25.9 Å². The Balaban J connectivity index is 2.53. The number of hydrogen-bond donors (Lipinski definition) is 1. The average Bonchev–Trinajstić information content (AvgIpc) is 2.48. The molecular formula is C16H19BrN2O2. The fraction of sp³-hybridized carbons (Fsp3) is 0.375. The van der Waals surface area contributed by atoms with Crippen LogP contribution in [0.15, 0.2) is 39.6 Å². The van der Waals surface area contributed by atoms with Crippen LogP contribution in [-0.2, 0) is 4.74 Å². The second-order valence-electron chi connectivity index (χ2n) is 5.05. The van der Waals surface area contributed by atoms with Crippen LogP contribution in [0.5, 0.6) is 0 Å². The minimum absolute atomic E-state index is 0.151. The summed E-state index contributed by atoms with van der Waals surface area (Å²) in [6.45, 7) is 6.48. The van der Waals surface area contributed by atoms with Crippen molar-refractivity contribution in [2.24, 2.45) is 0 Å². The smallest absolute Gasteiger partial charge is 0.265 e. The van der Waals surface area contributed by atoms with Crippen LogP contribution < -0.4 is 5.56 Å². The number of nitrogens with zero attached hydrogens (tertiary/aromatic N) is 1. The van der Waals surface area contributed by atoms with Crippen LogP contribution in [0, 0.1) is 0 Å². The van der Waals surface area contributed by atoms with Gasteiger partial charge in [0.1, 0.15) is 16.4 Å². The van der Waals surface area contributed by atoms with Crippen molar-refractivity contribution < 1.29 is 4.74 Å². The van der Waals surface area contributed by atoms with Crippen LogP contribution in [0.25, 0.3) is 0 Å². The van der Waals surface area contributed by atoms with Gasteiger partial charge in [0.2, 0.25) is 0 Å². The molecule has 0 saturated carbocycles. The molecule has 4 nitrogen and oxygen atoms in total. The molecule has 0 radical (unpaired) electrons. The summed E-state index contributed by atoms with van der Waals surface area (Å²) < 4.78 is 6.29. The van der Waals surface area contributed by atoms with Gasteiger partial charge < -0.3 is 9.72 Å². The monoisotopic (exact) mass is 350 g/mol. The lowest BCUT2D eigenvalue weighted by Crippen LogP contribution is -2.20. The Bertz CT molecular complexity index is 653. The van der Waals surface area contributed by atoms with Crippen LogP contribution in [0.4, 0.5) is 0 Å². The zero-order valence-corrected chi connectivity index (χ0v) is 14.0. The quantitative estimate of drug-likeness (QED) is 0.892. The Hall–Kier alpha value is -1.46. The number of aromatic nitrogens is 2. The van der Waals surface area contributed by atoms with Gasteiger partial charge in [0.05, 0.1) is 5.69 Å². The highest BCUT2D eigenvalue weighted by Crippen LogP contribution is 2.25. The number of H-pyrrole nitrogens is 1. The molecule has 0 fully saturated rings. The molecule has 5 heteroatoms. The maximum atomic E-state index is 12.1. The molecule has 1 unspecified atom stereocenters. The summed E-state index contributed by atoms with van der Waals surface area (Å²) in [5.41, 5.74) is 1.54. The molecule has 2 rings (SSSR count). The third kappa shape index (κ3) is 3.60. The lowest BCUT2D eigenvalue weighted by Gasteiger charge is -2.18. The van der Waals surface area contributed by atoms with E-state index in [4.69, 9.17) is 4.74 Å². The van der Waals surface area contributed by atoms with Crippen molar-refractivity contribution in [3.05, 3.63) is 62.2 Å². The third-order valence-electron chi connectivity index (χ3n) is 3.14. The predicted molar refractivity (Wildman–Crippen MR) is 86.6 cm³/mol. The van der Waals surface area contributed by atoms with Crippen molar-refractivity contribution in [3.8, 4) is 0 Å². The second kappa shape index (κ2) is 7.00. The van der Waals surface area contributed by atoms with Gasteiger partial charge in [0.25, 0.3) is 5.56 Å². The highest BCUT2D eigenvalue weighted by atomic mass is 79.9. The van der Waals surface area contributed by atoms with Crippen LogP contribution in [0.2, 0.25) is 0 Å². The lowest BCUT2D eigenvalue weighted by atomic mass is 10.1. The molecule has 1 aromatic carbocycles. The van der Waals surface area contributed by atoms with E-state index < -0.39 is 0 Å². The number of aromatic amines is 1. The number of benzene rings is 1. The van der Waals surface area contributed by atoms with Crippen LogP contribution >= 0.6 is 15.9 Å². The van der Waals surface area contributed by atoms with Gasteiger partial charge in [-0.1, -0.05) is 44.2 Å². The molecule has 1 aromatic heterocycles. The standard InChI is InChI=1S/C16H19BrN2O2/c1-4-21-14(11-8-6-5-7-9-11)15-18-13(10(2)3)12(17)16(20)19-15/h5-10,14H,4H2,1-3H3,(H,18,19,20). The number of hydrogen-bond acceptors (Lipinski definition) is 3. The van der Waals surface area contributed by atoms with Crippen LogP contribution in [0.1, 0.15) is 49.9 Å². The first-order chi connectivity index (χ1) is 10.0. The summed E-state index contributed by atoms with van der Waals surface area (Å²) in [5.74, 6) is 0.693. The first-order valence-corrected chi connectivity index (χ1v) is 7.80. The van der Waals surface area contributed by atoms with Crippen molar-refractivity contribution in [2.45, 2.75) is 32.8 Å². The molecule has 1 atom stereocenters. The fourth-order valence-corrected chi connectivity index (χ4v) is 2.77. The van der Waals surface area contributed by atoms with Crippen molar-refractivity contribution in [3.63, 3.8) is 0 Å². The SMILES string of the molecule is CCOC(c1ccccc1)c1nc(C(C)C)c(Br)c(=O)[nH]1. The molecule has 21 heavy (non-hydrogen) atoms. The summed E-state index contributed by atoms with van der Waals surface area (Å²) >= 11 is 3.31. The molecule has 0 spiro atoms. The fourth-order valence-electron chi connectivity index (χ4n) is 2.13. The molecular weight excluding hydrogens is 332 g/mol. The molecule has 0 amide bonds. The maximum Gasteiger partial charge on any atom is 0.265 e. The van der Waals surface area contributed by atoms with Crippen molar-refractivity contribution in [2.75, 3.05) is 6.61 Å². The van der Waals surface area contributed by atoms with E-state index >= 15 is 0 Å². The highest BCUT2D eigenvalue weighted by Gasteiger charge is 2.20. The molecule has 0 aliphatic carbocycles. The van der Waals surface area contributed by atoms with Gasteiger partial charge in [-0.3, -0.25) is 4.79 Å². The van der Waals surface area contributed by atoms with E-state index in [0.29, 0.717) is 16.9 Å². The average molecular weight is 351 g/mol. The van der Waals surface area contributed by atoms with E-state index in [1.54, 1.807) is 0 Å². The van der Waals surface area contributed by atoms with Gasteiger partial charge in [-0.2, -0.15) is 0 Å². The highest BCUT2D eigenvalue weighted by molar-refractivity contribution is 9.10. The number of halogens is 1. The Morgan fingerprint density at radius 3 is 2.52 bits per heavy atom. The zero-order valence-electron chi connectivity index (χ0n) is 12.4. The maximum absolute atomic E-state index is 12.1. The number of ether oxygens (including phenoxy) is 1. The zero-order chi connectivity index (χ0) is 15.4. The van der Waals surface area contributed by atoms with Crippen molar-refractivity contribution >= 4 is 15.9 Å². The summed E-state index contributed by atoms with van der Waals surface area (Å²) in [7, 11) is 0. The largest absolute Gasteiger partial charge is 0.366 e. The second-order valence-corrected chi connectivity index (χ2v) is 5.84. The lowest BCUT2D eigenvalue weighted by molar-refractivity contribution is 0.0847. The topological polar surface area (TPSA) is 55.0 Å². The molecule has 112 valence electrons. The normalized spacial score (nSPS) is 12.6. The molecule has 0 saturated heterocycles. The molecule has 0 aliphatic rings. The molecule has 0 aliphatic heterocycles.